The van der Waals surface area contributed by atoms with Crippen molar-refractivity contribution in [1.82, 2.24) is 19.9 Å². The third-order valence-corrected chi connectivity index (χ3v) is 3.81. The zero-order valence-corrected chi connectivity index (χ0v) is 15.5. The first kappa shape index (κ1) is 20.1. The van der Waals surface area contributed by atoms with Crippen molar-refractivity contribution in [2.75, 3.05) is 6.61 Å². The molecule has 2 aromatic heterocycles. The Kier molecular flexibility index (Phi) is 6.15. The fourth-order valence-corrected chi connectivity index (χ4v) is 2.35. The zero-order chi connectivity index (χ0) is 20.1. The van der Waals surface area contributed by atoms with Crippen LogP contribution in [0.2, 0.25) is 10.3 Å². The van der Waals surface area contributed by atoms with Crippen molar-refractivity contribution >= 4 is 23.2 Å². The maximum atomic E-state index is 12.7. The summed E-state index contributed by atoms with van der Waals surface area (Å²) in [5, 5.41) is 0.270. The Labute approximate surface area is 167 Å². The number of rotatable bonds is 6. The predicted octanol–water partition coefficient (Wildman–Crippen LogP) is 5.01. The van der Waals surface area contributed by atoms with Gasteiger partial charge in [-0.15, -0.1) is 0 Å². The van der Waals surface area contributed by atoms with Crippen LogP contribution in [-0.2, 0) is 12.6 Å². The van der Waals surface area contributed by atoms with Gasteiger partial charge < -0.3 is 9.47 Å². The Morgan fingerprint density at radius 1 is 0.964 bits per heavy atom. The van der Waals surface area contributed by atoms with Crippen molar-refractivity contribution in [3.63, 3.8) is 0 Å². The summed E-state index contributed by atoms with van der Waals surface area (Å²) < 4.78 is 48.7. The van der Waals surface area contributed by atoms with Crippen LogP contribution in [0.4, 0.5) is 13.2 Å². The molecule has 0 amide bonds. The number of benzene rings is 1. The number of alkyl halides is 3. The molecule has 0 radical (unpaired) electrons. The second kappa shape index (κ2) is 8.57. The van der Waals surface area contributed by atoms with Crippen LogP contribution in [-0.4, -0.2) is 26.5 Å². The van der Waals surface area contributed by atoms with Crippen LogP contribution >= 0.6 is 23.2 Å². The van der Waals surface area contributed by atoms with Crippen LogP contribution in [0.25, 0.3) is 0 Å². The van der Waals surface area contributed by atoms with Gasteiger partial charge >= 0.3 is 12.2 Å². The topological polar surface area (TPSA) is 70.0 Å². The van der Waals surface area contributed by atoms with Gasteiger partial charge in [0.15, 0.2) is 5.69 Å². The Hall–Kier alpha value is -2.65. The van der Waals surface area contributed by atoms with Gasteiger partial charge in [0.1, 0.15) is 10.8 Å². The molecule has 0 spiro atoms. The first-order valence-electron chi connectivity index (χ1n) is 7.79. The monoisotopic (exact) mass is 430 g/mol. The molecule has 6 nitrogen and oxygen atoms in total. The summed E-state index contributed by atoms with van der Waals surface area (Å²) in [6.07, 6.45) is -1.71. The molecular weight excluding hydrogens is 420 g/mol. The summed E-state index contributed by atoms with van der Waals surface area (Å²) in [6, 6.07) is 7.04. The van der Waals surface area contributed by atoms with Gasteiger partial charge in [-0.3, -0.25) is 0 Å². The molecule has 28 heavy (non-hydrogen) atoms. The molecule has 3 aromatic rings. The largest absolute Gasteiger partial charge is 0.476 e. The van der Waals surface area contributed by atoms with E-state index in [0.717, 1.165) is 17.8 Å². The van der Waals surface area contributed by atoms with E-state index in [2.05, 4.69) is 19.9 Å². The fourth-order valence-electron chi connectivity index (χ4n) is 2.08. The standard InChI is InChI=1S/C17H11Cl2F3N4O2/c18-12-9-24-15(19)26-14(12)27-8-6-10-1-3-11(4-2-10)28-16-23-7-5-13(25-16)17(20,21)22/h1-5,7,9H,6,8H2. The lowest BCUT2D eigenvalue weighted by molar-refractivity contribution is -0.141. The Bertz CT molecular complexity index is 956. The summed E-state index contributed by atoms with van der Waals surface area (Å²) in [5.74, 6) is 0.484. The first-order valence-corrected chi connectivity index (χ1v) is 8.55. The van der Waals surface area contributed by atoms with E-state index in [1.54, 1.807) is 24.3 Å². The molecule has 3 rings (SSSR count). The van der Waals surface area contributed by atoms with Gasteiger partial charge in [0, 0.05) is 12.6 Å². The second-order valence-electron chi connectivity index (χ2n) is 5.36. The van der Waals surface area contributed by atoms with E-state index in [1.165, 1.54) is 6.20 Å². The molecular formula is C17H11Cl2F3N4O2. The first-order chi connectivity index (χ1) is 13.3. The molecule has 0 aliphatic heterocycles. The summed E-state index contributed by atoms with van der Waals surface area (Å²) in [5.41, 5.74) is -0.177. The van der Waals surface area contributed by atoms with Crippen LogP contribution in [0, 0.1) is 0 Å². The molecule has 0 aliphatic carbocycles. The summed E-state index contributed by atoms with van der Waals surface area (Å²) >= 11 is 11.6. The summed E-state index contributed by atoms with van der Waals surface area (Å²) in [6.45, 7) is 0.282. The molecule has 0 saturated heterocycles. The number of halogens is 5. The van der Waals surface area contributed by atoms with Crippen LogP contribution in [0.15, 0.2) is 42.7 Å². The van der Waals surface area contributed by atoms with Crippen LogP contribution < -0.4 is 9.47 Å². The van der Waals surface area contributed by atoms with Gasteiger partial charge in [0.2, 0.25) is 11.2 Å². The van der Waals surface area contributed by atoms with E-state index in [0.29, 0.717) is 12.2 Å². The molecule has 11 heteroatoms. The lowest BCUT2D eigenvalue weighted by Gasteiger charge is -2.09. The third-order valence-electron chi connectivity index (χ3n) is 3.37. The van der Waals surface area contributed by atoms with Gasteiger partial charge in [-0.2, -0.15) is 23.1 Å². The lowest BCUT2D eigenvalue weighted by atomic mass is 10.1. The molecule has 0 fully saturated rings. The minimum atomic E-state index is -4.57. The van der Waals surface area contributed by atoms with Crippen LogP contribution in [0.5, 0.6) is 17.6 Å². The minimum absolute atomic E-state index is 0.0257. The third kappa shape index (κ3) is 5.43. The number of nitrogens with zero attached hydrogens (tertiary/aromatic N) is 4. The molecule has 146 valence electrons. The van der Waals surface area contributed by atoms with Crippen molar-refractivity contribution in [3.8, 4) is 17.6 Å². The van der Waals surface area contributed by atoms with Crippen molar-refractivity contribution in [2.45, 2.75) is 12.6 Å². The molecule has 0 saturated carbocycles. The van der Waals surface area contributed by atoms with E-state index in [-0.39, 0.29) is 28.8 Å². The van der Waals surface area contributed by atoms with E-state index < -0.39 is 11.9 Å². The van der Waals surface area contributed by atoms with Crippen molar-refractivity contribution < 1.29 is 22.6 Å². The Morgan fingerprint density at radius 2 is 1.71 bits per heavy atom. The van der Waals surface area contributed by atoms with Crippen LogP contribution in [0.3, 0.4) is 0 Å². The molecule has 0 atom stereocenters. The fraction of sp³-hybridized carbons (Fsp3) is 0.176. The van der Waals surface area contributed by atoms with E-state index in [9.17, 15) is 13.2 Å². The van der Waals surface area contributed by atoms with E-state index in [1.807, 2.05) is 0 Å². The number of hydrogen-bond donors (Lipinski definition) is 0. The molecule has 0 aliphatic rings. The average Bonchev–Trinajstić information content (AvgIpc) is 2.65. The second-order valence-corrected chi connectivity index (χ2v) is 6.10. The number of ether oxygens (including phenoxy) is 2. The highest BCUT2D eigenvalue weighted by Crippen LogP contribution is 2.29. The normalized spacial score (nSPS) is 11.3. The SMILES string of the molecule is FC(F)(F)c1ccnc(Oc2ccc(CCOc3nc(Cl)ncc3Cl)cc2)n1. The Balaban J connectivity index is 1.57. The van der Waals surface area contributed by atoms with Crippen molar-refractivity contribution in [1.29, 1.82) is 0 Å². The lowest BCUT2D eigenvalue weighted by Crippen LogP contribution is -2.08. The smallest absolute Gasteiger partial charge is 0.433 e. The maximum Gasteiger partial charge on any atom is 0.433 e. The van der Waals surface area contributed by atoms with Gasteiger partial charge in [-0.25, -0.2) is 9.97 Å². The van der Waals surface area contributed by atoms with Gasteiger partial charge in [-0.1, -0.05) is 23.7 Å². The highest BCUT2D eigenvalue weighted by Gasteiger charge is 2.33. The summed E-state index contributed by atoms with van der Waals surface area (Å²) in [4.78, 5) is 14.6. The van der Waals surface area contributed by atoms with Gasteiger partial charge in [0.25, 0.3) is 0 Å². The number of aromatic nitrogens is 4. The maximum absolute atomic E-state index is 12.7. The zero-order valence-electron chi connectivity index (χ0n) is 14.0. The highest BCUT2D eigenvalue weighted by molar-refractivity contribution is 6.32. The molecule has 2 heterocycles. The Morgan fingerprint density at radius 3 is 2.43 bits per heavy atom. The molecule has 1 aromatic carbocycles. The summed E-state index contributed by atoms with van der Waals surface area (Å²) in [7, 11) is 0. The molecule has 0 N–H and O–H groups in total. The quantitative estimate of drug-likeness (QED) is 0.512. The van der Waals surface area contributed by atoms with E-state index >= 15 is 0 Å². The average molecular weight is 431 g/mol. The van der Waals surface area contributed by atoms with Crippen LogP contribution in [0.1, 0.15) is 11.3 Å². The highest BCUT2D eigenvalue weighted by atomic mass is 35.5. The predicted molar refractivity (Wildman–Crippen MR) is 94.8 cm³/mol. The van der Waals surface area contributed by atoms with E-state index in [4.69, 9.17) is 32.7 Å². The molecule has 0 unspecified atom stereocenters. The van der Waals surface area contributed by atoms with Gasteiger partial charge in [0.05, 0.1) is 12.8 Å². The van der Waals surface area contributed by atoms with Crippen molar-refractivity contribution in [3.05, 3.63) is 64.3 Å². The van der Waals surface area contributed by atoms with Gasteiger partial charge in [-0.05, 0) is 35.4 Å². The number of hydrogen-bond acceptors (Lipinski definition) is 6. The van der Waals surface area contributed by atoms with Crippen molar-refractivity contribution in [2.24, 2.45) is 0 Å². The minimum Gasteiger partial charge on any atom is -0.476 e. The molecule has 0 bridgehead atoms.